The predicted molar refractivity (Wildman–Crippen MR) is 87.0 cm³/mol. The van der Waals surface area contributed by atoms with Gasteiger partial charge in [-0.2, -0.15) is 0 Å². The van der Waals surface area contributed by atoms with Crippen LogP contribution in [0.1, 0.15) is 16.5 Å². The number of nitrogens with one attached hydrogen (secondary N) is 1. The summed E-state index contributed by atoms with van der Waals surface area (Å²) in [7, 11) is 0. The highest BCUT2D eigenvalue weighted by molar-refractivity contribution is 7.19. The molecule has 2 nitrogen and oxygen atoms in total. The van der Waals surface area contributed by atoms with Gasteiger partial charge in [-0.1, -0.05) is 35.9 Å². The van der Waals surface area contributed by atoms with Gasteiger partial charge in [0.15, 0.2) is 0 Å². The van der Waals surface area contributed by atoms with E-state index in [1.807, 2.05) is 12.1 Å². The Morgan fingerprint density at radius 1 is 1.19 bits per heavy atom. The molecule has 1 unspecified atom stereocenters. The summed E-state index contributed by atoms with van der Waals surface area (Å²) in [6, 6.07) is 15.1. The summed E-state index contributed by atoms with van der Waals surface area (Å²) in [6.45, 7) is 0. The number of thiophene rings is 1. The molecule has 1 atom stereocenters. The van der Waals surface area contributed by atoms with E-state index >= 15 is 0 Å². The first-order chi connectivity index (χ1) is 10.2. The van der Waals surface area contributed by atoms with Gasteiger partial charge in [-0.25, -0.2) is 4.39 Å². The van der Waals surface area contributed by atoms with E-state index in [4.69, 9.17) is 17.4 Å². The summed E-state index contributed by atoms with van der Waals surface area (Å²) in [5.74, 6) is 5.29. The maximum Gasteiger partial charge on any atom is 0.141 e. The first-order valence-corrected chi connectivity index (χ1v) is 7.75. The molecule has 0 spiro atoms. The lowest BCUT2D eigenvalue weighted by molar-refractivity contribution is 0.559. The van der Waals surface area contributed by atoms with Crippen molar-refractivity contribution >= 4 is 33.0 Å². The van der Waals surface area contributed by atoms with E-state index in [2.05, 4.69) is 23.6 Å². The normalized spacial score (nSPS) is 12.7. The summed E-state index contributed by atoms with van der Waals surface area (Å²) in [5, 5.41) is 1.34. The Balaban J connectivity index is 1.88. The molecule has 0 saturated carbocycles. The van der Waals surface area contributed by atoms with Crippen molar-refractivity contribution in [2.75, 3.05) is 0 Å². The fraction of sp³-hybridized carbons (Fsp3) is 0.125. The fourth-order valence-corrected chi connectivity index (χ4v) is 3.65. The third kappa shape index (κ3) is 3.09. The van der Waals surface area contributed by atoms with Crippen LogP contribution in [0, 0.1) is 5.82 Å². The van der Waals surface area contributed by atoms with Crippen molar-refractivity contribution in [1.82, 2.24) is 5.43 Å². The van der Waals surface area contributed by atoms with Crippen molar-refractivity contribution in [3.8, 4) is 0 Å². The lowest BCUT2D eigenvalue weighted by Crippen LogP contribution is -2.28. The van der Waals surface area contributed by atoms with E-state index in [1.165, 1.54) is 16.2 Å². The topological polar surface area (TPSA) is 38.0 Å². The number of fused-ring (bicyclic) bond motifs is 1. The standard InChI is InChI=1S/C16H14ClFN2S/c17-12-7-10(5-6-13(12)18)8-14(20-19)16-9-11-3-1-2-4-15(11)21-16/h1-7,9,14,20H,8,19H2. The molecule has 0 aliphatic rings. The molecular formula is C16H14ClFN2S. The van der Waals surface area contributed by atoms with E-state index in [-0.39, 0.29) is 11.1 Å². The highest BCUT2D eigenvalue weighted by Gasteiger charge is 2.14. The van der Waals surface area contributed by atoms with Crippen LogP contribution < -0.4 is 11.3 Å². The predicted octanol–water partition coefficient (Wildman–Crippen LogP) is 4.44. The molecule has 21 heavy (non-hydrogen) atoms. The Kier molecular flexibility index (Phi) is 4.22. The van der Waals surface area contributed by atoms with Crippen molar-refractivity contribution in [3.05, 3.63) is 69.8 Å². The zero-order valence-electron chi connectivity index (χ0n) is 11.1. The largest absolute Gasteiger partial charge is 0.271 e. The van der Waals surface area contributed by atoms with E-state index in [9.17, 15) is 4.39 Å². The van der Waals surface area contributed by atoms with Gasteiger partial charge in [0.05, 0.1) is 11.1 Å². The second-order valence-corrected chi connectivity index (χ2v) is 6.38. The first-order valence-electron chi connectivity index (χ1n) is 6.56. The zero-order chi connectivity index (χ0) is 14.8. The molecule has 0 fully saturated rings. The maximum absolute atomic E-state index is 13.2. The number of nitrogens with two attached hydrogens (primary N) is 1. The average molecular weight is 321 g/mol. The fourth-order valence-electron chi connectivity index (χ4n) is 2.32. The molecule has 0 saturated heterocycles. The van der Waals surface area contributed by atoms with Crippen LogP contribution in [-0.4, -0.2) is 0 Å². The van der Waals surface area contributed by atoms with Crippen molar-refractivity contribution in [1.29, 1.82) is 0 Å². The summed E-state index contributed by atoms with van der Waals surface area (Å²) in [5.41, 5.74) is 3.78. The highest BCUT2D eigenvalue weighted by atomic mass is 35.5. The Morgan fingerprint density at radius 2 is 2.00 bits per heavy atom. The second kappa shape index (κ2) is 6.12. The van der Waals surface area contributed by atoms with Crippen molar-refractivity contribution in [2.24, 2.45) is 5.84 Å². The number of hydrogen-bond acceptors (Lipinski definition) is 3. The van der Waals surface area contributed by atoms with Gasteiger partial charge in [0.1, 0.15) is 5.82 Å². The zero-order valence-corrected chi connectivity index (χ0v) is 12.7. The van der Waals surface area contributed by atoms with Gasteiger partial charge in [-0.05, 0) is 41.6 Å². The Morgan fingerprint density at radius 3 is 2.71 bits per heavy atom. The number of halogens is 2. The molecule has 0 aliphatic carbocycles. The van der Waals surface area contributed by atoms with Crippen molar-refractivity contribution in [3.63, 3.8) is 0 Å². The molecule has 0 amide bonds. The summed E-state index contributed by atoms with van der Waals surface area (Å²) in [4.78, 5) is 1.15. The van der Waals surface area contributed by atoms with Crippen LogP contribution in [0.2, 0.25) is 5.02 Å². The maximum atomic E-state index is 13.2. The van der Waals surface area contributed by atoms with Crippen LogP contribution >= 0.6 is 22.9 Å². The smallest absolute Gasteiger partial charge is 0.141 e. The Hall–Kier alpha value is -1.46. The molecule has 5 heteroatoms. The van der Waals surface area contributed by atoms with Crippen LogP contribution in [-0.2, 0) is 6.42 Å². The molecule has 3 rings (SSSR count). The second-order valence-electron chi connectivity index (χ2n) is 4.86. The van der Waals surface area contributed by atoms with Gasteiger partial charge in [-0.3, -0.25) is 11.3 Å². The van der Waals surface area contributed by atoms with Gasteiger partial charge >= 0.3 is 0 Å². The lowest BCUT2D eigenvalue weighted by Gasteiger charge is -2.14. The molecular weight excluding hydrogens is 307 g/mol. The molecule has 0 radical (unpaired) electrons. The number of hydrogen-bond donors (Lipinski definition) is 2. The number of rotatable bonds is 4. The van der Waals surface area contributed by atoms with Gasteiger partial charge < -0.3 is 0 Å². The molecule has 0 bridgehead atoms. The Bertz CT molecular complexity index is 739. The molecule has 3 N–H and O–H groups in total. The quantitative estimate of drug-likeness (QED) is 0.551. The van der Waals surface area contributed by atoms with Crippen molar-refractivity contribution in [2.45, 2.75) is 12.5 Å². The minimum absolute atomic E-state index is 0.0241. The van der Waals surface area contributed by atoms with E-state index in [1.54, 1.807) is 23.5 Å². The van der Waals surface area contributed by atoms with E-state index < -0.39 is 5.82 Å². The highest BCUT2D eigenvalue weighted by Crippen LogP contribution is 2.31. The first kappa shape index (κ1) is 14.5. The van der Waals surface area contributed by atoms with Crippen molar-refractivity contribution < 1.29 is 4.39 Å². The minimum Gasteiger partial charge on any atom is -0.271 e. The third-order valence-electron chi connectivity index (χ3n) is 3.41. The van der Waals surface area contributed by atoms with Crippen LogP contribution in [0.25, 0.3) is 10.1 Å². The summed E-state index contributed by atoms with van der Waals surface area (Å²) < 4.78 is 14.4. The molecule has 3 aromatic rings. The number of hydrazine groups is 1. The summed E-state index contributed by atoms with van der Waals surface area (Å²) in [6.07, 6.45) is 0.656. The van der Waals surface area contributed by atoms with Crippen LogP contribution in [0.5, 0.6) is 0 Å². The van der Waals surface area contributed by atoms with E-state index in [0.717, 1.165) is 10.4 Å². The van der Waals surface area contributed by atoms with Gasteiger partial charge in [-0.15, -0.1) is 11.3 Å². The van der Waals surface area contributed by atoms with Gasteiger partial charge in [0.2, 0.25) is 0 Å². The number of benzene rings is 2. The van der Waals surface area contributed by atoms with Gasteiger partial charge in [0.25, 0.3) is 0 Å². The summed E-state index contributed by atoms with van der Waals surface area (Å²) >= 11 is 7.53. The molecule has 2 aromatic carbocycles. The minimum atomic E-state index is -0.403. The van der Waals surface area contributed by atoms with Gasteiger partial charge in [0, 0.05) is 9.58 Å². The van der Waals surface area contributed by atoms with Crippen LogP contribution in [0.4, 0.5) is 4.39 Å². The lowest BCUT2D eigenvalue weighted by atomic mass is 10.0. The third-order valence-corrected chi connectivity index (χ3v) is 4.93. The average Bonchev–Trinajstić information content (AvgIpc) is 2.92. The SMILES string of the molecule is NNC(Cc1ccc(F)c(Cl)c1)c1cc2ccccc2s1. The molecule has 1 aromatic heterocycles. The van der Waals surface area contributed by atoms with Crippen LogP contribution in [0.3, 0.4) is 0 Å². The Labute approximate surface area is 131 Å². The monoisotopic (exact) mass is 320 g/mol. The van der Waals surface area contributed by atoms with Crippen LogP contribution in [0.15, 0.2) is 48.5 Å². The van der Waals surface area contributed by atoms with E-state index in [0.29, 0.717) is 6.42 Å². The molecule has 108 valence electrons. The molecule has 1 heterocycles. The molecule has 0 aliphatic heterocycles.